The summed E-state index contributed by atoms with van der Waals surface area (Å²) in [6.07, 6.45) is 5.39. The summed E-state index contributed by atoms with van der Waals surface area (Å²) in [6.45, 7) is 0. The Kier molecular flexibility index (Phi) is 5.35. The third-order valence-electron chi connectivity index (χ3n) is 0.637. The third-order valence-corrected chi connectivity index (χ3v) is 0.637. The van der Waals surface area contributed by atoms with Crippen molar-refractivity contribution in [2.45, 2.75) is 0 Å². The van der Waals surface area contributed by atoms with Crippen LogP contribution in [0.4, 0.5) is 0 Å². The molecule has 0 radical (unpaired) electrons. The van der Waals surface area contributed by atoms with Gasteiger partial charge in [0.1, 0.15) is 0 Å². The molecule has 0 spiro atoms. The first-order valence-corrected chi connectivity index (χ1v) is 3.70. The second-order valence-electron chi connectivity index (χ2n) is 1.29. The number of nitrogens with zero attached hydrogens (tertiary/aromatic N) is 2. The highest BCUT2D eigenvalue weighted by atomic mass is 35.7. The summed E-state index contributed by atoms with van der Waals surface area (Å²) in [5, 5.41) is 0. The van der Waals surface area contributed by atoms with Crippen LogP contribution in [-0.2, 0) is 22.1 Å². The lowest BCUT2D eigenvalue weighted by atomic mass is 10.9. The monoisotopic (exact) mass is 165 g/mol. The number of rotatable bonds is 0. The first-order chi connectivity index (χ1) is 4.31. The lowest BCUT2D eigenvalue weighted by Crippen LogP contribution is -1.76. The topological polar surface area (TPSA) is 34.9 Å². The SMILES string of the molecule is Cn1ccnc1.O=[S+]Cl. The van der Waals surface area contributed by atoms with Gasteiger partial charge in [-0.25, -0.2) is 4.98 Å². The Labute approximate surface area is 61.7 Å². The van der Waals surface area contributed by atoms with Crippen molar-refractivity contribution in [1.29, 1.82) is 0 Å². The molecule has 1 aromatic rings. The third kappa shape index (κ3) is 5.39. The van der Waals surface area contributed by atoms with Crippen molar-refractivity contribution in [3.8, 4) is 0 Å². The molecule has 0 N–H and O–H groups in total. The van der Waals surface area contributed by atoms with E-state index in [0.29, 0.717) is 0 Å². The summed E-state index contributed by atoms with van der Waals surface area (Å²) in [5.41, 5.74) is 0. The van der Waals surface area contributed by atoms with Crippen LogP contribution in [0.5, 0.6) is 0 Å². The van der Waals surface area contributed by atoms with Crippen LogP contribution in [0, 0.1) is 0 Å². The summed E-state index contributed by atoms with van der Waals surface area (Å²) >= 11 is 0. The second-order valence-corrected chi connectivity index (χ2v) is 1.80. The average molecular weight is 166 g/mol. The van der Waals surface area contributed by atoms with E-state index < -0.39 is 0 Å². The van der Waals surface area contributed by atoms with E-state index in [0.717, 1.165) is 0 Å². The summed E-state index contributed by atoms with van der Waals surface area (Å²) in [4.78, 5) is 3.78. The highest BCUT2D eigenvalue weighted by Crippen LogP contribution is 1.73. The minimum Gasteiger partial charge on any atom is -0.341 e. The molecule has 0 fully saturated rings. The Bertz CT molecular complexity index is 154. The zero-order chi connectivity index (χ0) is 7.11. The van der Waals surface area contributed by atoms with Gasteiger partial charge in [-0.3, -0.25) is 0 Å². The van der Waals surface area contributed by atoms with Crippen molar-refractivity contribution in [3.63, 3.8) is 0 Å². The molecule has 1 aromatic heterocycles. The van der Waals surface area contributed by atoms with Crippen LogP contribution in [0.2, 0.25) is 0 Å². The first kappa shape index (κ1) is 8.52. The van der Waals surface area contributed by atoms with Crippen LogP contribution in [0.15, 0.2) is 18.7 Å². The molecule has 5 heteroatoms. The van der Waals surface area contributed by atoms with E-state index in [9.17, 15) is 0 Å². The number of hydrogen-bond acceptors (Lipinski definition) is 2. The van der Waals surface area contributed by atoms with E-state index in [1.807, 2.05) is 17.8 Å². The fourth-order valence-electron chi connectivity index (χ4n) is 0.326. The van der Waals surface area contributed by atoms with E-state index in [1.54, 1.807) is 12.5 Å². The van der Waals surface area contributed by atoms with Gasteiger partial charge in [-0.15, -0.1) is 0 Å². The van der Waals surface area contributed by atoms with Gasteiger partial charge in [-0.1, -0.05) is 0 Å². The molecule has 0 atom stereocenters. The summed E-state index contributed by atoms with van der Waals surface area (Å²) in [5.74, 6) is 0. The molecule has 1 rings (SSSR count). The second kappa shape index (κ2) is 5.65. The number of imidazole rings is 1. The normalized spacial score (nSPS) is 7.33. The van der Waals surface area contributed by atoms with Crippen LogP contribution in [0.1, 0.15) is 0 Å². The molecule has 9 heavy (non-hydrogen) atoms. The molecule has 3 nitrogen and oxygen atoms in total. The zero-order valence-electron chi connectivity index (χ0n) is 4.82. The quantitative estimate of drug-likeness (QED) is 0.425. The van der Waals surface area contributed by atoms with Crippen LogP contribution in [-0.4, -0.2) is 9.55 Å². The molecule has 0 aliphatic carbocycles. The summed E-state index contributed by atoms with van der Waals surface area (Å²) < 4.78 is 10.5. The molecular formula is C4H6ClN2OS+. The van der Waals surface area contributed by atoms with Gasteiger partial charge in [-0.2, -0.15) is 0 Å². The Balaban J connectivity index is 0.000000187. The van der Waals surface area contributed by atoms with E-state index in [4.69, 9.17) is 4.21 Å². The van der Waals surface area contributed by atoms with Crippen molar-refractivity contribution in [1.82, 2.24) is 9.55 Å². The molecule has 0 aromatic carbocycles. The van der Waals surface area contributed by atoms with E-state index in [1.165, 1.54) is 0 Å². The van der Waals surface area contributed by atoms with Gasteiger partial charge in [-0.05, 0) is 0 Å². The standard InChI is InChI=1S/C4H6N2.ClOS/c1-6-3-2-5-4-6;1-3-2/h2-4H,1H3;/q;+1. The molecule has 0 bridgehead atoms. The maximum Gasteiger partial charge on any atom is 0.605 e. The molecule has 0 saturated heterocycles. The number of aromatic nitrogens is 2. The van der Waals surface area contributed by atoms with Gasteiger partial charge < -0.3 is 4.57 Å². The summed E-state index contributed by atoms with van der Waals surface area (Å²) in [7, 11) is 6.27. The molecule has 50 valence electrons. The largest absolute Gasteiger partial charge is 0.605 e. The molecular weight excluding hydrogens is 160 g/mol. The van der Waals surface area contributed by atoms with Gasteiger partial charge in [0.25, 0.3) is 0 Å². The van der Waals surface area contributed by atoms with E-state index in [-0.39, 0.29) is 10.9 Å². The first-order valence-electron chi connectivity index (χ1n) is 2.13. The average Bonchev–Trinajstić information content (AvgIpc) is 2.20. The van der Waals surface area contributed by atoms with Crippen LogP contribution in [0.3, 0.4) is 0 Å². The van der Waals surface area contributed by atoms with E-state index in [2.05, 4.69) is 15.7 Å². The lowest BCUT2D eigenvalue weighted by Gasteiger charge is -1.76. The Morgan fingerprint density at radius 3 is 2.44 bits per heavy atom. The van der Waals surface area contributed by atoms with Crippen LogP contribution in [0.25, 0.3) is 0 Å². The minimum atomic E-state index is -0.0278. The van der Waals surface area contributed by atoms with Crippen LogP contribution < -0.4 is 0 Å². The fraction of sp³-hybridized carbons (Fsp3) is 0.250. The maximum absolute atomic E-state index is 8.61. The molecule has 0 aliphatic rings. The number of halogens is 1. The Morgan fingerprint density at radius 1 is 1.78 bits per heavy atom. The number of aryl methyl sites for hydroxylation is 1. The van der Waals surface area contributed by atoms with Crippen molar-refractivity contribution >= 4 is 21.6 Å². The van der Waals surface area contributed by atoms with Gasteiger partial charge in [0.2, 0.25) is 0 Å². The Morgan fingerprint density at radius 2 is 2.33 bits per heavy atom. The number of hydrogen-bond donors (Lipinski definition) is 0. The van der Waals surface area contributed by atoms with Gasteiger partial charge in [0.15, 0.2) is 0 Å². The molecule has 0 saturated carbocycles. The van der Waals surface area contributed by atoms with Crippen molar-refractivity contribution < 1.29 is 4.21 Å². The fourth-order valence-corrected chi connectivity index (χ4v) is 0.326. The highest BCUT2D eigenvalue weighted by Gasteiger charge is 1.69. The van der Waals surface area contributed by atoms with Crippen molar-refractivity contribution in [2.75, 3.05) is 0 Å². The minimum absolute atomic E-state index is 0.0278. The molecule has 1 heterocycles. The highest BCUT2D eigenvalue weighted by molar-refractivity contribution is 7.92. The smallest absolute Gasteiger partial charge is 0.341 e. The molecule has 0 amide bonds. The van der Waals surface area contributed by atoms with E-state index >= 15 is 0 Å². The van der Waals surface area contributed by atoms with Crippen molar-refractivity contribution in [3.05, 3.63) is 18.7 Å². The van der Waals surface area contributed by atoms with Crippen LogP contribution >= 0.6 is 10.7 Å². The van der Waals surface area contributed by atoms with Gasteiger partial charge >= 0.3 is 21.6 Å². The summed E-state index contributed by atoms with van der Waals surface area (Å²) in [6, 6.07) is 0. The predicted octanol–water partition coefficient (Wildman–Crippen LogP) is 0.988. The molecule has 0 unspecified atom stereocenters. The molecule has 0 aliphatic heterocycles. The van der Waals surface area contributed by atoms with Gasteiger partial charge in [0.05, 0.1) is 10.5 Å². The maximum atomic E-state index is 8.61. The zero-order valence-corrected chi connectivity index (χ0v) is 6.39. The lowest BCUT2D eigenvalue weighted by molar-refractivity contribution is 0.610. The Hall–Kier alpha value is -0.480. The van der Waals surface area contributed by atoms with Crippen molar-refractivity contribution in [2.24, 2.45) is 7.05 Å². The van der Waals surface area contributed by atoms with Gasteiger partial charge in [0, 0.05) is 19.4 Å². The predicted molar refractivity (Wildman–Crippen MR) is 37.1 cm³/mol.